The average Bonchev–Trinajstić information content (AvgIpc) is 3.28. The van der Waals surface area contributed by atoms with Crippen LogP contribution in [0.5, 0.6) is 0 Å². The van der Waals surface area contributed by atoms with Gasteiger partial charge in [-0.15, -0.1) is 0 Å². The molecule has 0 spiro atoms. The number of benzene rings is 2. The zero-order valence-electron chi connectivity index (χ0n) is 20.9. The second-order valence-electron chi connectivity index (χ2n) is 9.36. The highest BCUT2D eigenvalue weighted by atomic mass is 79.9. The molecule has 2 aromatic carbocycles. The molecule has 3 rings (SSSR count). The number of hydrogen-bond donors (Lipinski definition) is 1. The van der Waals surface area contributed by atoms with Crippen LogP contribution in [-0.4, -0.2) is 48.3 Å². The molecule has 2 aromatic rings. The molecule has 0 saturated carbocycles. The molecular weight excluding hydrogens is 490 g/mol. The van der Waals surface area contributed by atoms with Gasteiger partial charge >= 0.3 is 0 Å². The minimum absolute atomic E-state index is 0. The summed E-state index contributed by atoms with van der Waals surface area (Å²) in [6.07, 6.45) is 16.6. The molecule has 0 amide bonds. The van der Waals surface area contributed by atoms with E-state index in [-0.39, 0.29) is 17.0 Å². The van der Waals surface area contributed by atoms with Crippen LogP contribution in [-0.2, 0) is 4.79 Å². The Bertz CT molecular complexity index is 841. The number of quaternary nitrogens is 1. The van der Waals surface area contributed by atoms with Crippen molar-refractivity contribution in [1.29, 1.82) is 0 Å². The summed E-state index contributed by atoms with van der Waals surface area (Å²) in [5.41, 5.74) is 0.886. The molecule has 190 valence electrons. The van der Waals surface area contributed by atoms with Gasteiger partial charge in [-0.05, 0) is 35.3 Å². The molecule has 1 saturated heterocycles. The van der Waals surface area contributed by atoms with Crippen LogP contribution < -0.4 is 22.1 Å². The first-order valence-corrected chi connectivity index (χ1v) is 12.9. The molecule has 1 aliphatic heterocycles. The molecule has 0 radical (unpaired) electrons. The molecule has 1 aliphatic rings. The average molecular weight is 534 g/mol. The summed E-state index contributed by atoms with van der Waals surface area (Å²) in [5.74, 6) is -1.18. The molecule has 1 fully saturated rings. The smallest absolute Gasteiger partial charge is 0.102 e. The Kier molecular flexibility index (Phi) is 15.8. The third-order valence-electron chi connectivity index (χ3n) is 6.80. The number of nitrogens with zero attached hydrogens (tertiary/aromatic N) is 1. The van der Waals surface area contributed by atoms with Crippen LogP contribution in [0.1, 0.15) is 76.7 Å². The maximum atomic E-state index is 10.3. The number of likely N-dealkylation sites (tertiary alicyclic amines) is 1. The predicted octanol–water partition coefficient (Wildman–Crippen LogP) is 2.34. The van der Waals surface area contributed by atoms with Gasteiger partial charge in [0.1, 0.15) is 6.54 Å². The lowest BCUT2D eigenvalue weighted by molar-refractivity contribution is -0.917. The summed E-state index contributed by atoms with van der Waals surface area (Å²) in [7, 11) is 0. The molecule has 0 unspecified atom stereocenters. The van der Waals surface area contributed by atoms with E-state index in [1.807, 2.05) is 42.5 Å². The van der Waals surface area contributed by atoms with Crippen LogP contribution in [0.2, 0.25) is 0 Å². The van der Waals surface area contributed by atoms with E-state index in [1.165, 1.54) is 88.3 Å². The van der Waals surface area contributed by atoms with E-state index in [0.29, 0.717) is 6.61 Å². The first-order valence-electron chi connectivity index (χ1n) is 12.9. The van der Waals surface area contributed by atoms with Crippen molar-refractivity contribution in [3.63, 3.8) is 0 Å². The monoisotopic (exact) mass is 532 g/mol. The van der Waals surface area contributed by atoms with Gasteiger partial charge in [-0.3, -0.25) is 0 Å². The van der Waals surface area contributed by atoms with Crippen LogP contribution in [0.25, 0.3) is 16.8 Å². The van der Waals surface area contributed by atoms with Gasteiger partial charge in [-0.1, -0.05) is 94.0 Å². The number of aliphatic carboxylic acids is 1. The lowest BCUT2D eigenvalue weighted by atomic mass is 10.0. The van der Waals surface area contributed by atoms with Gasteiger partial charge in [0.25, 0.3) is 0 Å². The molecule has 34 heavy (non-hydrogen) atoms. The SMILES string of the molecule is CCCCCCCCCC[N+]1(CCO)CCCC1.O=C([O-])/C=C/c1cccc2ccccc12.[Br-]. The third kappa shape index (κ3) is 11.2. The Morgan fingerprint density at radius 3 is 2.18 bits per heavy atom. The molecular formula is C29H43BrNO3-. The van der Waals surface area contributed by atoms with Gasteiger partial charge in [0.15, 0.2) is 0 Å². The van der Waals surface area contributed by atoms with E-state index in [9.17, 15) is 15.0 Å². The summed E-state index contributed by atoms with van der Waals surface area (Å²) in [4.78, 5) is 10.3. The molecule has 5 heteroatoms. The van der Waals surface area contributed by atoms with Crippen molar-refractivity contribution in [2.75, 3.05) is 32.8 Å². The van der Waals surface area contributed by atoms with E-state index >= 15 is 0 Å². The molecule has 1 N–H and O–H groups in total. The standard InChI is InChI=1S/C16H34NO.C13H10O2.BrH/c1-2-3-4-5-6-7-8-9-12-17(15-16-18)13-10-11-14-17;14-13(15)9-8-11-6-3-5-10-4-1-2-7-12(10)11;/h18H,2-16H2,1H3;1-9H,(H,14,15);1H/q+1;;/p-2/b;9-8+;. The number of carboxylic acids is 1. The van der Waals surface area contributed by atoms with E-state index < -0.39 is 5.97 Å². The molecule has 1 heterocycles. The van der Waals surface area contributed by atoms with E-state index in [2.05, 4.69) is 6.92 Å². The Morgan fingerprint density at radius 1 is 0.912 bits per heavy atom. The van der Waals surface area contributed by atoms with Crippen molar-refractivity contribution in [1.82, 2.24) is 0 Å². The van der Waals surface area contributed by atoms with Gasteiger partial charge in [0.2, 0.25) is 0 Å². The minimum Gasteiger partial charge on any atom is -1.00 e. The molecule has 0 atom stereocenters. The van der Waals surface area contributed by atoms with Crippen LogP contribution in [0.3, 0.4) is 0 Å². The Labute approximate surface area is 217 Å². The topological polar surface area (TPSA) is 60.4 Å². The molecule has 0 aliphatic carbocycles. The quantitative estimate of drug-likeness (QED) is 0.244. The minimum atomic E-state index is -1.18. The Balaban J connectivity index is 0.000000334. The Hall–Kier alpha value is -1.69. The lowest BCUT2D eigenvalue weighted by Crippen LogP contribution is -3.00. The number of aliphatic hydroxyl groups is 1. The van der Waals surface area contributed by atoms with Crippen molar-refractivity contribution < 1.29 is 36.5 Å². The molecule has 0 bridgehead atoms. The van der Waals surface area contributed by atoms with Crippen LogP contribution >= 0.6 is 0 Å². The largest absolute Gasteiger partial charge is 1.00 e. The highest BCUT2D eigenvalue weighted by Crippen LogP contribution is 2.21. The number of hydrogen-bond acceptors (Lipinski definition) is 3. The number of carboxylic acid groups (broad SMARTS) is 1. The van der Waals surface area contributed by atoms with E-state index in [0.717, 1.165) is 29.0 Å². The second-order valence-corrected chi connectivity index (χ2v) is 9.36. The summed E-state index contributed by atoms with van der Waals surface area (Å²) >= 11 is 0. The fourth-order valence-corrected chi connectivity index (χ4v) is 4.91. The number of carbonyl (C=O) groups excluding carboxylic acids is 1. The Morgan fingerprint density at radius 2 is 1.53 bits per heavy atom. The fourth-order valence-electron chi connectivity index (χ4n) is 4.91. The van der Waals surface area contributed by atoms with E-state index in [1.54, 1.807) is 6.08 Å². The van der Waals surface area contributed by atoms with Gasteiger partial charge < -0.3 is 36.5 Å². The summed E-state index contributed by atoms with van der Waals surface area (Å²) in [6.45, 7) is 7.59. The number of unbranched alkanes of at least 4 members (excludes halogenated alkanes) is 7. The van der Waals surface area contributed by atoms with Gasteiger partial charge in [-0.25, -0.2) is 0 Å². The van der Waals surface area contributed by atoms with Gasteiger partial charge in [0.05, 0.1) is 32.2 Å². The maximum absolute atomic E-state index is 10.3. The van der Waals surface area contributed by atoms with Gasteiger partial charge in [-0.2, -0.15) is 0 Å². The molecule has 4 nitrogen and oxygen atoms in total. The van der Waals surface area contributed by atoms with Crippen molar-refractivity contribution >= 4 is 22.8 Å². The normalized spacial score (nSPS) is 14.5. The summed E-state index contributed by atoms with van der Waals surface area (Å²) in [5, 5.41) is 21.6. The number of fused-ring (bicyclic) bond motifs is 1. The van der Waals surface area contributed by atoms with Crippen LogP contribution in [0.4, 0.5) is 0 Å². The fraction of sp³-hybridized carbons (Fsp3) is 0.552. The zero-order valence-corrected chi connectivity index (χ0v) is 22.5. The van der Waals surface area contributed by atoms with Gasteiger partial charge in [0, 0.05) is 12.8 Å². The molecule has 0 aromatic heterocycles. The summed E-state index contributed by atoms with van der Waals surface area (Å²) in [6, 6.07) is 13.6. The van der Waals surface area contributed by atoms with Crippen molar-refractivity contribution in [3.05, 3.63) is 54.1 Å². The first kappa shape index (κ1) is 30.3. The number of aliphatic hydroxyl groups excluding tert-OH is 1. The zero-order chi connectivity index (χ0) is 23.8. The number of carbonyl (C=O) groups is 1. The van der Waals surface area contributed by atoms with E-state index in [4.69, 9.17) is 0 Å². The number of rotatable bonds is 13. The van der Waals surface area contributed by atoms with Crippen LogP contribution in [0.15, 0.2) is 48.5 Å². The third-order valence-corrected chi connectivity index (χ3v) is 6.80. The predicted molar refractivity (Wildman–Crippen MR) is 137 cm³/mol. The highest BCUT2D eigenvalue weighted by molar-refractivity contribution is 5.93. The highest BCUT2D eigenvalue weighted by Gasteiger charge is 2.30. The second kappa shape index (κ2) is 17.7. The number of halogens is 1. The first-order chi connectivity index (χ1) is 16.1. The van der Waals surface area contributed by atoms with Crippen molar-refractivity contribution in [2.45, 2.75) is 71.1 Å². The maximum Gasteiger partial charge on any atom is 0.102 e. The summed E-state index contributed by atoms with van der Waals surface area (Å²) < 4.78 is 1.21. The van der Waals surface area contributed by atoms with Crippen molar-refractivity contribution in [3.8, 4) is 0 Å². The lowest BCUT2D eigenvalue weighted by Gasteiger charge is -2.33. The van der Waals surface area contributed by atoms with Crippen LogP contribution in [0, 0.1) is 0 Å². The van der Waals surface area contributed by atoms with Crippen molar-refractivity contribution in [2.24, 2.45) is 0 Å².